The molecule has 0 unspecified atom stereocenters. The van der Waals surface area contributed by atoms with Gasteiger partial charge in [0.2, 0.25) is 0 Å². The molecule has 0 saturated carbocycles. The molecular weight excluding hydrogens is 244 g/mol. The van der Waals surface area contributed by atoms with Crippen molar-refractivity contribution in [3.63, 3.8) is 0 Å². The summed E-state index contributed by atoms with van der Waals surface area (Å²) >= 11 is 1.73. The Hall–Kier alpha value is -1.55. The lowest BCUT2D eigenvalue weighted by atomic mass is 9.96. The highest BCUT2D eigenvalue weighted by molar-refractivity contribution is 7.15. The molecule has 2 heterocycles. The Labute approximate surface area is 110 Å². The van der Waals surface area contributed by atoms with Crippen molar-refractivity contribution in [1.29, 1.82) is 0 Å². The predicted molar refractivity (Wildman–Crippen MR) is 72.0 cm³/mol. The van der Waals surface area contributed by atoms with E-state index in [1.807, 2.05) is 0 Å². The first-order valence-electron chi connectivity index (χ1n) is 6.26. The molecule has 0 amide bonds. The fraction of sp³-hybridized carbons (Fsp3) is 0.357. The molecular formula is C14H14N2OS. The van der Waals surface area contributed by atoms with Crippen molar-refractivity contribution >= 4 is 17.1 Å². The van der Waals surface area contributed by atoms with E-state index in [9.17, 15) is 4.79 Å². The molecule has 0 saturated heterocycles. The average molecular weight is 258 g/mol. The highest BCUT2D eigenvalue weighted by Gasteiger charge is 2.19. The Balaban J connectivity index is 2.01. The minimum absolute atomic E-state index is 0.184. The SMILES string of the molecule is CCc1ccc(-c2ncc3c(n2)CCCC3=O)s1. The van der Waals surface area contributed by atoms with E-state index < -0.39 is 0 Å². The minimum atomic E-state index is 0.184. The van der Waals surface area contributed by atoms with Crippen LogP contribution in [0.3, 0.4) is 0 Å². The van der Waals surface area contributed by atoms with Gasteiger partial charge in [0, 0.05) is 17.5 Å². The lowest BCUT2D eigenvalue weighted by Crippen LogP contribution is -2.13. The number of hydrogen-bond donors (Lipinski definition) is 0. The van der Waals surface area contributed by atoms with Crippen molar-refractivity contribution in [2.75, 3.05) is 0 Å². The van der Waals surface area contributed by atoms with Crippen LogP contribution in [-0.2, 0) is 12.8 Å². The van der Waals surface area contributed by atoms with Gasteiger partial charge in [0.25, 0.3) is 0 Å². The fourth-order valence-electron chi connectivity index (χ4n) is 2.20. The van der Waals surface area contributed by atoms with Crippen molar-refractivity contribution in [3.8, 4) is 10.7 Å². The number of Topliss-reactive ketones (excluding diaryl/α,β-unsaturated/α-hetero) is 1. The van der Waals surface area contributed by atoms with Gasteiger partial charge in [0.05, 0.1) is 16.1 Å². The van der Waals surface area contributed by atoms with Crippen molar-refractivity contribution in [3.05, 3.63) is 34.5 Å². The van der Waals surface area contributed by atoms with Crippen LogP contribution in [0.15, 0.2) is 18.3 Å². The van der Waals surface area contributed by atoms with Gasteiger partial charge in [0.15, 0.2) is 11.6 Å². The summed E-state index contributed by atoms with van der Waals surface area (Å²) in [4.78, 5) is 23.0. The summed E-state index contributed by atoms with van der Waals surface area (Å²) in [6.45, 7) is 2.14. The van der Waals surface area contributed by atoms with Crippen molar-refractivity contribution < 1.29 is 4.79 Å². The molecule has 0 fully saturated rings. The Bertz CT molecular complexity index is 604. The molecule has 4 heteroatoms. The molecule has 0 radical (unpaired) electrons. The molecule has 1 aliphatic carbocycles. The summed E-state index contributed by atoms with van der Waals surface area (Å²) in [5, 5.41) is 0. The molecule has 1 aliphatic rings. The number of thiophene rings is 1. The summed E-state index contributed by atoms with van der Waals surface area (Å²) in [5.41, 5.74) is 1.64. The highest BCUT2D eigenvalue weighted by Crippen LogP contribution is 2.27. The second-order valence-corrected chi connectivity index (χ2v) is 5.62. The molecule has 0 atom stereocenters. The average Bonchev–Trinajstić information content (AvgIpc) is 2.87. The third-order valence-corrected chi connectivity index (χ3v) is 4.44. The maximum absolute atomic E-state index is 11.7. The van der Waals surface area contributed by atoms with E-state index in [0.717, 1.165) is 41.2 Å². The molecule has 3 nitrogen and oxygen atoms in total. The summed E-state index contributed by atoms with van der Waals surface area (Å²) < 4.78 is 0. The van der Waals surface area contributed by atoms with Crippen molar-refractivity contribution in [2.24, 2.45) is 0 Å². The zero-order chi connectivity index (χ0) is 12.5. The number of carbonyl (C=O) groups excluding carboxylic acids is 1. The third kappa shape index (κ3) is 1.97. The summed E-state index contributed by atoms with van der Waals surface area (Å²) in [5.74, 6) is 0.941. The van der Waals surface area contributed by atoms with Crippen LogP contribution in [0.5, 0.6) is 0 Å². The first kappa shape index (κ1) is 11.5. The first-order chi connectivity index (χ1) is 8.78. The van der Waals surface area contributed by atoms with Crippen LogP contribution in [0.4, 0.5) is 0 Å². The Kier molecular flexibility index (Phi) is 2.96. The number of ketones is 1. The number of fused-ring (bicyclic) bond motifs is 1. The number of aromatic nitrogens is 2. The van der Waals surface area contributed by atoms with E-state index in [1.165, 1.54) is 4.88 Å². The van der Waals surface area contributed by atoms with Gasteiger partial charge in [-0.05, 0) is 31.4 Å². The molecule has 2 aromatic heterocycles. The van der Waals surface area contributed by atoms with Crippen LogP contribution >= 0.6 is 11.3 Å². The van der Waals surface area contributed by atoms with Gasteiger partial charge in [-0.1, -0.05) is 6.92 Å². The first-order valence-corrected chi connectivity index (χ1v) is 7.08. The van der Waals surface area contributed by atoms with Crippen molar-refractivity contribution in [1.82, 2.24) is 9.97 Å². The quantitative estimate of drug-likeness (QED) is 0.830. The minimum Gasteiger partial charge on any atom is -0.294 e. The zero-order valence-electron chi connectivity index (χ0n) is 10.3. The molecule has 0 aromatic carbocycles. The largest absolute Gasteiger partial charge is 0.294 e. The predicted octanol–water partition coefficient (Wildman–Crippen LogP) is 3.29. The van der Waals surface area contributed by atoms with Gasteiger partial charge in [-0.2, -0.15) is 0 Å². The second kappa shape index (κ2) is 4.61. The van der Waals surface area contributed by atoms with E-state index >= 15 is 0 Å². The fourth-order valence-corrected chi connectivity index (χ4v) is 3.09. The summed E-state index contributed by atoms with van der Waals surface area (Å²) in [6, 6.07) is 4.18. The number of rotatable bonds is 2. The van der Waals surface area contributed by atoms with Gasteiger partial charge < -0.3 is 0 Å². The van der Waals surface area contributed by atoms with E-state index in [2.05, 4.69) is 29.0 Å². The molecule has 0 N–H and O–H groups in total. The molecule has 0 bridgehead atoms. The van der Waals surface area contributed by atoms with Gasteiger partial charge in [-0.15, -0.1) is 11.3 Å². The smallest absolute Gasteiger partial charge is 0.169 e. The van der Waals surface area contributed by atoms with Crippen LogP contribution in [0.2, 0.25) is 0 Å². The summed E-state index contributed by atoms with van der Waals surface area (Å²) in [7, 11) is 0. The topological polar surface area (TPSA) is 42.9 Å². The lowest BCUT2D eigenvalue weighted by Gasteiger charge is -2.13. The zero-order valence-corrected chi connectivity index (χ0v) is 11.1. The van der Waals surface area contributed by atoms with E-state index in [-0.39, 0.29) is 5.78 Å². The van der Waals surface area contributed by atoms with Crippen LogP contribution in [0.25, 0.3) is 10.7 Å². The Morgan fingerprint density at radius 3 is 3.00 bits per heavy atom. The molecule has 2 aromatic rings. The standard InChI is InChI=1S/C14H14N2OS/c1-2-9-6-7-13(18-9)14-15-8-10-11(16-14)4-3-5-12(10)17/h6-8H,2-5H2,1H3. The summed E-state index contributed by atoms with van der Waals surface area (Å²) in [6.07, 6.45) is 5.17. The van der Waals surface area contributed by atoms with Crippen LogP contribution < -0.4 is 0 Å². The monoisotopic (exact) mass is 258 g/mol. The molecule has 18 heavy (non-hydrogen) atoms. The third-order valence-electron chi connectivity index (χ3n) is 3.22. The van der Waals surface area contributed by atoms with Gasteiger partial charge in [0.1, 0.15) is 0 Å². The van der Waals surface area contributed by atoms with Crippen LogP contribution in [-0.4, -0.2) is 15.8 Å². The lowest BCUT2D eigenvalue weighted by molar-refractivity contribution is 0.0971. The molecule has 92 valence electrons. The maximum Gasteiger partial charge on any atom is 0.169 e. The number of carbonyl (C=O) groups is 1. The van der Waals surface area contributed by atoms with Gasteiger partial charge in [-0.25, -0.2) is 9.97 Å². The van der Waals surface area contributed by atoms with Crippen molar-refractivity contribution in [2.45, 2.75) is 32.6 Å². The molecule has 0 aliphatic heterocycles. The second-order valence-electron chi connectivity index (χ2n) is 4.45. The molecule has 3 rings (SSSR count). The number of hydrogen-bond acceptors (Lipinski definition) is 4. The molecule has 0 spiro atoms. The number of aryl methyl sites for hydroxylation is 2. The van der Waals surface area contributed by atoms with Gasteiger partial charge in [-0.3, -0.25) is 4.79 Å². The van der Waals surface area contributed by atoms with Crippen LogP contribution in [0, 0.1) is 0 Å². The Morgan fingerprint density at radius 1 is 1.33 bits per heavy atom. The van der Waals surface area contributed by atoms with E-state index in [0.29, 0.717) is 6.42 Å². The van der Waals surface area contributed by atoms with E-state index in [4.69, 9.17) is 0 Å². The maximum atomic E-state index is 11.7. The highest BCUT2D eigenvalue weighted by atomic mass is 32.1. The number of nitrogens with zero attached hydrogens (tertiary/aromatic N) is 2. The van der Waals surface area contributed by atoms with E-state index in [1.54, 1.807) is 17.5 Å². The van der Waals surface area contributed by atoms with Crippen LogP contribution in [0.1, 0.15) is 40.7 Å². The van der Waals surface area contributed by atoms with Gasteiger partial charge >= 0.3 is 0 Å². The normalized spacial score (nSPS) is 14.6. The Morgan fingerprint density at radius 2 is 2.22 bits per heavy atom.